The molecule has 16 heteroatoms. The fourth-order valence-corrected chi connectivity index (χ4v) is 4.16. The van der Waals surface area contributed by atoms with Gasteiger partial charge in [-0.05, 0) is 0 Å². The van der Waals surface area contributed by atoms with Crippen molar-refractivity contribution in [1.29, 1.82) is 0 Å². The molecule has 3 aliphatic rings. The number of ether oxygens (including phenoxy) is 5. The average molecular weight is 503 g/mol. The van der Waals surface area contributed by atoms with Crippen LogP contribution in [0.2, 0.25) is 0 Å². The van der Waals surface area contributed by atoms with E-state index < -0.39 is 112 Å². The highest BCUT2D eigenvalue weighted by Gasteiger charge is 2.52. The third kappa shape index (κ3) is 5.36. The van der Waals surface area contributed by atoms with E-state index in [1.807, 2.05) is 0 Å². The van der Waals surface area contributed by atoms with Crippen LogP contribution in [0.15, 0.2) is 0 Å². The van der Waals surface area contributed by atoms with E-state index in [1.54, 1.807) is 0 Å². The first-order chi connectivity index (χ1) is 16.0. The SMILES string of the molecule is N[C@@H]1[C@@H](O)[C@H](O[C@@H]2O[C@H](CO)[C@@H](O[C@@H]3O[C@H](CO)[C@@H](O)[C@H](O)[C@H]3N)[C@H](O)[C@H]2N)[C@@H](CO)O[C@H]1F. The number of halogens is 1. The Balaban J connectivity index is 1.72. The number of rotatable bonds is 7. The molecule has 0 aliphatic carbocycles. The molecule has 0 radical (unpaired) electrons. The van der Waals surface area contributed by atoms with E-state index in [0.29, 0.717) is 0 Å². The van der Waals surface area contributed by atoms with Gasteiger partial charge in [0.05, 0.1) is 37.9 Å². The molecule has 0 amide bonds. The molecule has 200 valence electrons. The number of alkyl halides is 1. The molecule has 3 heterocycles. The summed E-state index contributed by atoms with van der Waals surface area (Å²) in [6.07, 6.45) is -17.8. The molecule has 15 nitrogen and oxygen atoms in total. The number of hydrogen-bond acceptors (Lipinski definition) is 15. The largest absolute Gasteiger partial charge is 0.394 e. The molecule has 0 spiro atoms. The highest BCUT2D eigenvalue weighted by Crippen LogP contribution is 2.31. The molecule has 0 aromatic carbocycles. The lowest BCUT2D eigenvalue weighted by Crippen LogP contribution is -2.69. The van der Waals surface area contributed by atoms with Gasteiger partial charge in [0.15, 0.2) is 12.6 Å². The highest BCUT2D eigenvalue weighted by molar-refractivity contribution is 4.98. The lowest BCUT2D eigenvalue weighted by atomic mass is 9.94. The fraction of sp³-hybridized carbons (Fsp3) is 1.00. The third-order valence-corrected chi connectivity index (χ3v) is 6.30. The van der Waals surface area contributed by atoms with Gasteiger partial charge in [0, 0.05) is 0 Å². The summed E-state index contributed by atoms with van der Waals surface area (Å²) < 4.78 is 40.9. The van der Waals surface area contributed by atoms with Gasteiger partial charge in [0.25, 0.3) is 0 Å². The van der Waals surface area contributed by atoms with E-state index in [4.69, 9.17) is 40.9 Å². The van der Waals surface area contributed by atoms with Gasteiger partial charge in [-0.25, -0.2) is 4.39 Å². The average Bonchev–Trinajstić information content (AvgIpc) is 2.83. The summed E-state index contributed by atoms with van der Waals surface area (Å²) >= 11 is 0. The van der Waals surface area contributed by atoms with Gasteiger partial charge in [-0.1, -0.05) is 0 Å². The summed E-state index contributed by atoms with van der Waals surface area (Å²) in [5.41, 5.74) is 17.4. The molecule has 34 heavy (non-hydrogen) atoms. The van der Waals surface area contributed by atoms with Crippen LogP contribution in [0, 0.1) is 0 Å². The summed E-state index contributed by atoms with van der Waals surface area (Å²) in [7, 11) is 0. The summed E-state index contributed by atoms with van der Waals surface area (Å²) in [5.74, 6) is 0. The Labute approximate surface area is 193 Å². The van der Waals surface area contributed by atoms with Crippen LogP contribution in [0.5, 0.6) is 0 Å². The van der Waals surface area contributed by atoms with Crippen LogP contribution in [-0.4, -0.2) is 148 Å². The molecule has 3 fully saturated rings. The molecule has 0 unspecified atom stereocenters. The minimum atomic E-state index is -2.06. The molecule has 0 saturated carbocycles. The van der Waals surface area contributed by atoms with Crippen molar-refractivity contribution in [3.63, 3.8) is 0 Å². The molecule has 3 saturated heterocycles. The van der Waals surface area contributed by atoms with Crippen LogP contribution < -0.4 is 17.2 Å². The Morgan fingerprint density at radius 2 is 1.00 bits per heavy atom. The van der Waals surface area contributed by atoms with Crippen molar-refractivity contribution in [2.45, 2.75) is 92.0 Å². The van der Waals surface area contributed by atoms with Crippen molar-refractivity contribution in [2.24, 2.45) is 17.2 Å². The van der Waals surface area contributed by atoms with Crippen LogP contribution >= 0.6 is 0 Å². The van der Waals surface area contributed by atoms with Gasteiger partial charge < -0.3 is 76.6 Å². The van der Waals surface area contributed by atoms with Gasteiger partial charge >= 0.3 is 0 Å². The molecule has 0 aromatic rings. The van der Waals surface area contributed by atoms with E-state index in [9.17, 15) is 40.1 Å². The van der Waals surface area contributed by atoms with Crippen LogP contribution in [-0.2, 0) is 23.7 Å². The standard InChI is InChI=1S/C18H34FN3O12/c19-16-7(20)12(28)14(5(2-24)30-16)33-18-9(22)13(29)15(6(3-25)32-18)34-17-8(21)11(27)10(26)4(1-23)31-17/h4-18,23-29H,1-3,20-22H2/t4-,5-,6-,7-,8-,9-,10-,11-,12-,13-,14-,15-,16-,17+,18+/m1/s1. The second-order valence-corrected chi connectivity index (χ2v) is 8.56. The zero-order valence-electron chi connectivity index (χ0n) is 18.1. The third-order valence-electron chi connectivity index (χ3n) is 6.30. The maximum Gasteiger partial charge on any atom is 0.217 e. The fourth-order valence-electron chi connectivity index (χ4n) is 4.16. The van der Waals surface area contributed by atoms with E-state index in [1.165, 1.54) is 0 Å². The Morgan fingerprint density at radius 3 is 1.50 bits per heavy atom. The smallest absolute Gasteiger partial charge is 0.217 e. The summed E-state index contributed by atoms with van der Waals surface area (Å²) in [6.45, 7) is -2.11. The molecular formula is C18H34FN3O12. The second-order valence-electron chi connectivity index (χ2n) is 8.56. The maximum atomic E-state index is 13.8. The lowest BCUT2D eigenvalue weighted by Gasteiger charge is -2.48. The van der Waals surface area contributed by atoms with Crippen molar-refractivity contribution < 1.29 is 63.8 Å². The van der Waals surface area contributed by atoms with Gasteiger partial charge in [-0.2, -0.15) is 0 Å². The first-order valence-corrected chi connectivity index (χ1v) is 10.8. The number of hydrogen-bond donors (Lipinski definition) is 10. The predicted molar refractivity (Wildman–Crippen MR) is 106 cm³/mol. The Kier molecular flexibility index (Phi) is 9.51. The normalized spacial score (nSPS) is 52.5. The number of aliphatic hydroxyl groups excluding tert-OH is 7. The van der Waals surface area contributed by atoms with Crippen molar-refractivity contribution in [1.82, 2.24) is 0 Å². The molecule has 0 bridgehead atoms. The lowest BCUT2D eigenvalue weighted by molar-refractivity contribution is -0.345. The number of aliphatic hydroxyl groups is 7. The van der Waals surface area contributed by atoms with Gasteiger partial charge in [-0.15, -0.1) is 0 Å². The van der Waals surface area contributed by atoms with E-state index in [2.05, 4.69) is 0 Å². The molecule has 15 atom stereocenters. The molecule has 0 aromatic heterocycles. The van der Waals surface area contributed by atoms with E-state index >= 15 is 0 Å². The van der Waals surface area contributed by atoms with E-state index in [0.717, 1.165) is 0 Å². The van der Waals surface area contributed by atoms with E-state index in [-0.39, 0.29) is 0 Å². The summed E-state index contributed by atoms with van der Waals surface area (Å²) in [6, 6.07) is -4.14. The van der Waals surface area contributed by atoms with Crippen molar-refractivity contribution in [3.05, 3.63) is 0 Å². The zero-order valence-corrected chi connectivity index (χ0v) is 18.1. The summed E-state index contributed by atoms with van der Waals surface area (Å²) in [5, 5.41) is 69.7. The second kappa shape index (κ2) is 11.6. The monoisotopic (exact) mass is 503 g/mol. The van der Waals surface area contributed by atoms with Gasteiger partial charge in [-0.3, -0.25) is 0 Å². The van der Waals surface area contributed by atoms with Crippen LogP contribution in [0.1, 0.15) is 0 Å². The zero-order chi connectivity index (χ0) is 25.3. The minimum Gasteiger partial charge on any atom is -0.394 e. The van der Waals surface area contributed by atoms with Crippen molar-refractivity contribution in [2.75, 3.05) is 19.8 Å². The topological polar surface area (TPSA) is 266 Å². The predicted octanol–water partition coefficient (Wildman–Crippen LogP) is -6.70. The Hall–Kier alpha value is -0.670. The van der Waals surface area contributed by atoms with Crippen LogP contribution in [0.4, 0.5) is 4.39 Å². The summed E-state index contributed by atoms with van der Waals surface area (Å²) in [4.78, 5) is 0. The highest BCUT2D eigenvalue weighted by atomic mass is 19.1. The Morgan fingerprint density at radius 1 is 0.588 bits per heavy atom. The Bertz CT molecular complexity index is 651. The molecule has 13 N–H and O–H groups in total. The quantitative estimate of drug-likeness (QED) is 0.155. The first kappa shape index (κ1) is 27.9. The molecular weight excluding hydrogens is 469 g/mol. The maximum absolute atomic E-state index is 13.8. The molecule has 3 aliphatic heterocycles. The van der Waals surface area contributed by atoms with Gasteiger partial charge in [0.1, 0.15) is 54.9 Å². The van der Waals surface area contributed by atoms with Crippen LogP contribution in [0.25, 0.3) is 0 Å². The minimum absolute atomic E-state index is 0.660. The molecule has 3 rings (SSSR count). The van der Waals surface area contributed by atoms with Crippen molar-refractivity contribution in [3.8, 4) is 0 Å². The van der Waals surface area contributed by atoms with Gasteiger partial charge in [0.2, 0.25) is 6.36 Å². The van der Waals surface area contributed by atoms with Crippen LogP contribution in [0.3, 0.4) is 0 Å². The van der Waals surface area contributed by atoms with Crippen molar-refractivity contribution >= 4 is 0 Å². The first-order valence-electron chi connectivity index (χ1n) is 10.8. The number of nitrogens with two attached hydrogens (primary N) is 3.